The van der Waals surface area contributed by atoms with E-state index in [9.17, 15) is 5.26 Å². The highest BCUT2D eigenvalue weighted by Crippen LogP contribution is 2.44. The van der Waals surface area contributed by atoms with Crippen molar-refractivity contribution in [2.75, 3.05) is 0 Å². The van der Waals surface area contributed by atoms with E-state index < -0.39 is 11.6 Å². The summed E-state index contributed by atoms with van der Waals surface area (Å²) in [7, 11) is 0. The average Bonchev–Trinajstić information content (AvgIpc) is 3.87. The normalized spacial score (nSPS) is 11.6. The van der Waals surface area contributed by atoms with Gasteiger partial charge in [0.25, 0.3) is 0 Å². The molecular formula is C68H51F2N3. The lowest BCUT2D eigenvalue weighted by Gasteiger charge is -2.19. The summed E-state index contributed by atoms with van der Waals surface area (Å²) in [6, 6.07) is 64.2. The van der Waals surface area contributed by atoms with Crippen molar-refractivity contribution in [3.63, 3.8) is 0 Å². The van der Waals surface area contributed by atoms with E-state index in [0.717, 1.165) is 93.7 Å². The van der Waals surface area contributed by atoms with Gasteiger partial charge >= 0.3 is 0 Å². The van der Waals surface area contributed by atoms with E-state index in [1.54, 1.807) is 12.1 Å². The van der Waals surface area contributed by atoms with Crippen LogP contribution < -0.4 is 0 Å². The second-order valence-electron chi connectivity index (χ2n) is 20.0. The fourth-order valence-corrected chi connectivity index (χ4v) is 11.5. The summed E-state index contributed by atoms with van der Waals surface area (Å²) in [5.74, 6) is -1.38. The van der Waals surface area contributed by atoms with Gasteiger partial charge in [0.05, 0.1) is 39.0 Å². The zero-order valence-electron chi connectivity index (χ0n) is 41.9. The largest absolute Gasteiger partial charge is 0.308 e. The molecule has 12 rings (SSSR count). The molecule has 0 radical (unpaired) electrons. The molecule has 2 heterocycles. The molecule has 0 saturated carbocycles. The summed E-state index contributed by atoms with van der Waals surface area (Å²) in [6.07, 6.45) is 0. The number of fused-ring (bicyclic) bond motifs is 6. The van der Waals surface area contributed by atoms with Gasteiger partial charge in [-0.2, -0.15) is 5.26 Å². The second-order valence-corrected chi connectivity index (χ2v) is 20.0. The highest BCUT2D eigenvalue weighted by atomic mass is 19.1. The number of aromatic nitrogens is 2. The van der Waals surface area contributed by atoms with E-state index in [0.29, 0.717) is 22.5 Å². The fraction of sp³-hybridized carbons (Fsp3) is 0.103. The third-order valence-electron chi connectivity index (χ3n) is 15.0. The van der Waals surface area contributed by atoms with Crippen LogP contribution in [-0.2, 0) is 0 Å². The van der Waals surface area contributed by atoms with E-state index in [1.165, 1.54) is 51.6 Å². The van der Waals surface area contributed by atoms with E-state index in [2.05, 4.69) is 215 Å². The van der Waals surface area contributed by atoms with Crippen LogP contribution >= 0.6 is 0 Å². The van der Waals surface area contributed by atoms with Crippen LogP contribution in [0.5, 0.6) is 0 Å². The molecule has 0 aliphatic heterocycles. The number of nitriles is 1. The van der Waals surface area contributed by atoms with Crippen molar-refractivity contribution in [2.45, 2.75) is 48.5 Å². The molecular weight excluding hydrogens is 897 g/mol. The Balaban J connectivity index is 1.20. The summed E-state index contributed by atoms with van der Waals surface area (Å²) in [4.78, 5) is 0. The summed E-state index contributed by atoms with van der Waals surface area (Å²) < 4.78 is 37.0. The Labute approximate surface area is 424 Å². The van der Waals surface area contributed by atoms with Crippen molar-refractivity contribution in [1.82, 2.24) is 9.13 Å². The number of benzene rings is 10. The maximum absolute atomic E-state index is 16.4. The summed E-state index contributed by atoms with van der Waals surface area (Å²) >= 11 is 0. The van der Waals surface area contributed by atoms with Gasteiger partial charge in [-0.25, -0.2) is 8.78 Å². The van der Waals surface area contributed by atoms with Crippen LogP contribution in [0, 0.1) is 71.4 Å². The Bertz CT molecular complexity index is 4200. The molecule has 352 valence electrons. The summed E-state index contributed by atoms with van der Waals surface area (Å²) in [6.45, 7) is 14.9. The van der Waals surface area contributed by atoms with E-state index in [4.69, 9.17) is 0 Å². The average molecular weight is 948 g/mol. The molecule has 0 aliphatic carbocycles. The molecule has 0 aliphatic rings. The lowest BCUT2D eigenvalue weighted by atomic mass is 9.95. The van der Waals surface area contributed by atoms with Crippen molar-refractivity contribution in [3.05, 3.63) is 238 Å². The number of rotatable bonds is 7. The fourth-order valence-electron chi connectivity index (χ4n) is 11.5. The zero-order chi connectivity index (χ0) is 50.4. The minimum Gasteiger partial charge on any atom is -0.308 e. The number of aryl methyl sites for hydroxylation is 7. The standard InChI is InChI=1S/C68H51F2N3/c1-39-15-22-52(43(5)29-39)47-19-26-63-56(33-47)55-32-46(51-12-9-8-11-42(51)4)18-25-62(55)72(63)66-36-50(68-60(69)13-10-14-61(68)70)37-67(59(66)38-71)73-64-27-20-48(53-23-16-40(2)30-44(53)6)34-57(64)58-35-49(21-28-65(58)73)54-24-17-41(3)31-45(54)7/h8-37H,1-7H3. The Morgan fingerprint density at radius 3 is 1.04 bits per heavy atom. The Morgan fingerprint density at radius 1 is 0.342 bits per heavy atom. The Kier molecular flexibility index (Phi) is 10.8. The molecule has 0 saturated heterocycles. The third kappa shape index (κ3) is 7.52. The molecule has 0 atom stereocenters. The molecule has 0 fully saturated rings. The molecule has 10 aromatic carbocycles. The Hall–Kier alpha value is -8.85. The van der Waals surface area contributed by atoms with Crippen LogP contribution in [0.1, 0.15) is 44.5 Å². The molecule has 2 aromatic heterocycles. The number of halogens is 2. The van der Waals surface area contributed by atoms with Gasteiger partial charge in [0.2, 0.25) is 0 Å². The molecule has 0 N–H and O–H groups in total. The van der Waals surface area contributed by atoms with Crippen molar-refractivity contribution in [2.24, 2.45) is 0 Å². The van der Waals surface area contributed by atoms with E-state index in [1.807, 2.05) is 0 Å². The summed E-state index contributed by atoms with van der Waals surface area (Å²) in [5.41, 5.74) is 22.0. The quantitative estimate of drug-likeness (QED) is 0.157. The van der Waals surface area contributed by atoms with Crippen LogP contribution in [0.3, 0.4) is 0 Å². The molecule has 0 amide bonds. The molecule has 0 spiro atoms. The van der Waals surface area contributed by atoms with Crippen molar-refractivity contribution < 1.29 is 8.78 Å². The van der Waals surface area contributed by atoms with E-state index in [-0.39, 0.29) is 5.56 Å². The van der Waals surface area contributed by atoms with Gasteiger partial charge in [-0.1, -0.05) is 126 Å². The first-order valence-corrected chi connectivity index (χ1v) is 24.8. The minimum atomic E-state index is -0.691. The van der Waals surface area contributed by atoms with Gasteiger partial charge in [0.1, 0.15) is 23.3 Å². The van der Waals surface area contributed by atoms with Crippen LogP contribution in [0.2, 0.25) is 0 Å². The smallest absolute Gasteiger partial charge is 0.133 e. The summed E-state index contributed by atoms with van der Waals surface area (Å²) in [5, 5.41) is 15.8. The number of hydrogen-bond donors (Lipinski definition) is 0. The van der Waals surface area contributed by atoms with Crippen molar-refractivity contribution >= 4 is 43.6 Å². The maximum Gasteiger partial charge on any atom is 0.133 e. The topological polar surface area (TPSA) is 33.6 Å². The van der Waals surface area contributed by atoms with Gasteiger partial charge in [-0.3, -0.25) is 0 Å². The molecule has 0 bridgehead atoms. The molecule has 5 heteroatoms. The highest BCUT2D eigenvalue weighted by molar-refractivity contribution is 6.14. The van der Waals surface area contributed by atoms with Crippen molar-refractivity contribution in [1.29, 1.82) is 5.26 Å². The van der Waals surface area contributed by atoms with Gasteiger partial charge < -0.3 is 9.13 Å². The van der Waals surface area contributed by atoms with Crippen LogP contribution in [0.25, 0.3) is 111 Å². The van der Waals surface area contributed by atoms with E-state index >= 15 is 8.78 Å². The lowest BCUT2D eigenvalue weighted by molar-refractivity contribution is 0.589. The number of nitrogens with zero attached hydrogens (tertiary/aromatic N) is 3. The minimum absolute atomic E-state index is 0.163. The second kappa shape index (κ2) is 17.5. The van der Waals surface area contributed by atoms with Crippen LogP contribution in [0.15, 0.2) is 182 Å². The number of hydrogen-bond acceptors (Lipinski definition) is 1. The van der Waals surface area contributed by atoms with Crippen molar-refractivity contribution in [3.8, 4) is 73.1 Å². The first-order valence-electron chi connectivity index (χ1n) is 24.8. The SMILES string of the molecule is Cc1ccc(-c2ccc3c(c2)c2cc(-c4ccccc4C)ccc2n3-c2cc(-c3c(F)cccc3F)cc(-n3c4ccc(-c5ccc(C)cc5C)cc4c4cc(-c5ccc(C)cc5C)ccc43)c2C#N)c(C)c1. The van der Waals surface area contributed by atoms with Gasteiger partial charge in [0.15, 0.2) is 0 Å². The molecule has 0 unspecified atom stereocenters. The molecule has 73 heavy (non-hydrogen) atoms. The third-order valence-corrected chi connectivity index (χ3v) is 15.0. The van der Waals surface area contributed by atoms with Crippen LogP contribution in [0.4, 0.5) is 8.78 Å². The molecule has 12 aromatic rings. The monoisotopic (exact) mass is 947 g/mol. The first-order chi connectivity index (χ1) is 35.3. The maximum atomic E-state index is 16.4. The van der Waals surface area contributed by atoms with Crippen LogP contribution in [-0.4, -0.2) is 9.13 Å². The highest BCUT2D eigenvalue weighted by Gasteiger charge is 2.26. The van der Waals surface area contributed by atoms with Gasteiger partial charge in [0, 0.05) is 21.5 Å². The van der Waals surface area contributed by atoms with Gasteiger partial charge in [-0.15, -0.1) is 0 Å². The first kappa shape index (κ1) is 45.3. The zero-order valence-corrected chi connectivity index (χ0v) is 41.9. The predicted octanol–water partition coefficient (Wildman–Crippen LogP) is 18.5. The Morgan fingerprint density at radius 2 is 0.699 bits per heavy atom. The predicted molar refractivity (Wildman–Crippen MR) is 300 cm³/mol. The lowest BCUT2D eigenvalue weighted by Crippen LogP contribution is -2.06. The molecule has 3 nitrogen and oxygen atoms in total. The van der Waals surface area contributed by atoms with Gasteiger partial charge in [-0.05, 0) is 194 Å².